The van der Waals surface area contributed by atoms with Gasteiger partial charge in [0.15, 0.2) is 0 Å². The van der Waals surface area contributed by atoms with Gasteiger partial charge in [-0.1, -0.05) is 11.6 Å². The maximum atomic E-state index is 8.85. The molecule has 1 aliphatic rings. The maximum Gasteiger partial charge on any atom is 0.124 e. The van der Waals surface area contributed by atoms with Gasteiger partial charge in [0.05, 0.1) is 6.61 Å². The Morgan fingerprint density at radius 3 is 2.80 bits per heavy atom. The first-order valence-electron chi connectivity index (χ1n) is 6.60. The lowest BCUT2D eigenvalue weighted by Crippen LogP contribution is -2.54. The number of likely N-dealkylation sites (tertiary alicyclic amines) is 1. The lowest BCUT2D eigenvalue weighted by atomic mass is 10.1. The average Bonchev–Trinajstić information content (AvgIpc) is 2.35. The molecule has 0 radical (unpaired) electrons. The molecule has 1 saturated heterocycles. The lowest BCUT2D eigenvalue weighted by molar-refractivity contribution is 0.0174. The van der Waals surface area contributed by atoms with Crippen molar-refractivity contribution in [2.24, 2.45) is 5.73 Å². The monoisotopic (exact) mass is 320 g/mol. The second-order valence-electron chi connectivity index (χ2n) is 5.14. The van der Waals surface area contributed by atoms with E-state index in [-0.39, 0.29) is 31.2 Å². The van der Waals surface area contributed by atoms with Crippen LogP contribution in [0.25, 0.3) is 0 Å². The van der Waals surface area contributed by atoms with Gasteiger partial charge >= 0.3 is 0 Å². The van der Waals surface area contributed by atoms with E-state index in [1.807, 2.05) is 25.1 Å². The normalized spacial score (nSPS) is 17.2. The van der Waals surface area contributed by atoms with E-state index >= 15 is 0 Å². The zero-order chi connectivity index (χ0) is 13.8. The summed E-state index contributed by atoms with van der Waals surface area (Å²) in [6.45, 7) is 4.78. The van der Waals surface area contributed by atoms with Crippen molar-refractivity contribution in [1.82, 2.24) is 4.90 Å². The third-order valence-corrected chi connectivity index (χ3v) is 3.83. The number of halogens is 2. The Labute approximate surface area is 131 Å². The van der Waals surface area contributed by atoms with E-state index in [0.29, 0.717) is 0 Å². The highest BCUT2D eigenvalue weighted by atomic mass is 35.5. The van der Waals surface area contributed by atoms with Crippen LogP contribution >= 0.6 is 24.0 Å². The molecule has 1 fully saturated rings. The van der Waals surface area contributed by atoms with Gasteiger partial charge in [0.25, 0.3) is 0 Å². The minimum Gasteiger partial charge on any atom is -0.488 e. The van der Waals surface area contributed by atoms with Gasteiger partial charge in [-0.2, -0.15) is 0 Å². The van der Waals surface area contributed by atoms with Crippen molar-refractivity contribution in [1.29, 1.82) is 0 Å². The third kappa shape index (κ3) is 4.79. The Hall–Kier alpha value is -0.520. The molecule has 3 N–H and O–H groups in total. The number of hydrogen-bond acceptors (Lipinski definition) is 4. The van der Waals surface area contributed by atoms with E-state index in [9.17, 15) is 0 Å². The van der Waals surface area contributed by atoms with Gasteiger partial charge in [-0.15, -0.1) is 12.4 Å². The topological polar surface area (TPSA) is 58.7 Å². The van der Waals surface area contributed by atoms with Gasteiger partial charge in [0.1, 0.15) is 11.9 Å². The lowest BCUT2D eigenvalue weighted by Gasteiger charge is -2.39. The predicted molar refractivity (Wildman–Crippen MR) is 84.0 cm³/mol. The van der Waals surface area contributed by atoms with Crippen LogP contribution < -0.4 is 10.5 Å². The molecule has 0 unspecified atom stereocenters. The Bertz CT molecular complexity index is 426. The number of rotatable bonds is 6. The predicted octanol–water partition coefficient (Wildman–Crippen LogP) is 1.84. The standard InChI is InChI=1S/C14H21ClN2O2.ClH/c1-10-6-12(2-3-14(10)15)19-13-7-17(8-13)5-4-11(16)9-18;/h2-3,6,11,13,18H,4-5,7-9,16H2,1H3;1H/t11-;/m0./s1. The summed E-state index contributed by atoms with van der Waals surface area (Å²) in [4.78, 5) is 2.28. The quantitative estimate of drug-likeness (QED) is 0.839. The van der Waals surface area contributed by atoms with E-state index in [1.165, 1.54) is 0 Å². The van der Waals surface area contributed by atoms with Gasteiger partial charge in [-0.3, -0.25) is 4.90 Å². The van der Waals surface area contributed by atoms with Crippen LogP contribution in [0.1, 0.15) is 12.0 Å². The first kappa shape index (κ1) is 17.5. The molecule has 0 amide bonds. The molecule has 6 heteroatoms. The number of nitrogens with zero attached hydrogens (tertiary/aromatic N) is 1. The summed E-state index contributed by atoms with van der Waals surface area (Å²) >= 11 is 5.98. The minimum atomic E-state index is -0.112. The number of aliphatic hydroxyl groups is 1. The third-order valence-electron chi connectivity index (χ3n) is 3.41. The number of hydrogen-bond donors (Lipinski definition) is 2. The van der Waals surface area contributed by atoms with Gasteiger partial charge in [0, 0.05) is 30.7 Å². The molecule has 0 aromatic heterocycles. The molecule has 1 aromatic carbocycles. The van der Waals surface area contributed by atoms with Crippen LogP contribution in [0.2, 0.25) is 5.02 Å². The first-order chi connectivity index (χ1) is 9.08. The van der Waals surface area contributed by atoms with Crippen molar-refractivity contribution >= 4 is 24.0 Å². The molecule has 1 aliphatic heterocycles. The summed E-state index contributed by atoms with van der Waals surface area (Å²) in [7, 11) is 0. The molecular weight excluding hydrogens is 299 g/mol. The van der Waals surface area contributed by atoms with Gasteiger partial charge < -0.3 is 15.6 Å². The minimum absolute atomic E-state index is 0. The van der Waals surface area contributed by atoms with E-state index in [1.54, 1.807) is 0 Å². The van der Waals surface area contributed by atoms with Gasteiger partial charge in [-0.25, -0.2) is 0 Å². The molecule has 0 spiro atoms. The Kier molecular flexibility index (Phi) is 7.06. The summed E-state index contributed by atoms with van der Waals surface area (Å²) in [5.41, 5.74) is 6.70. The highest BCUT2D eigenvalue weighted by molar-refractivity contribution is 6.31. The molecule has 1 aromatic rings. The summed E-state index contributed by atoms with van der Waals surface area (Å²) in [5, 5.41) is 9.62. The number of aliphatic hydroxyl groups excluding tert-OH is 1. The SMILES string of the molecule is Cc1cc(OC2CN(CC[C@H](N)CO)C2)ccc1Cl.Cl. The fourth-order valence-corrected chi connectivity index (χ4v) is 2.22. The summed E-state index contributed by atoms with van der Waals surface area (Å²) < 4.78 is 5.87. The molecule has 20 heavy (non-hydrogen) atoms. The Balaban J connectivity index is 0.00000200. The molecular formula is C14H22Cl2N2O2. The van der Waals surface area contributed by atoms with Crippen LogP contribution in [0.15, 0.2) is 18.2 Å². The zero-order valence-corrected chi connectivity index (χ0v) is 13.2. The first-order valence-corrected chi connectivity index (χ1v) is 6.98. The number of nitrogens with two attached hydrogens (primary N) is 1. The Morgan fingerprint density at radius 2 is 2.20 bits per heavy atom. The van der Waals surface area contributed by atoms with Crippen LogP contribution in [-0.4, -0.2) is 48.4 Å². The molecule has 1 atom stereocenters. The second kappa shape index (κ2) is 8.05. The molecule has 2 rings (SSSR count). The van der Waals surface area contributed by atoms with Crippen LogP contribution in [0, 0.1) is 6.92 Å². The van der Waals surface area contributed by atoms with Gasteiger partial charge in [-0.05, 0) is 37.1 Å². The smallest absolute Gasteiger partial charge is 0.124 e. The van der Waals surface area contributed by atoms with Crippen molar-refractivity contribution in [2.75, 3.05) is 26.2 Å². The van der Waals surface area contributed by atoms with Gasteiger partial charge in [0.2, 0.25) is 0 Å². The molecule has 0 aliphatic carbocycles. The summed E-state index contributed by atoms with van der Waals surface area (Å²) in [6, 6.07) is 5.62. The highest BCUT2D eigenvalue weighted by Crippen LogP contribution is 2.23. The van der Waals surface area contributed by atoms with Crippen LogP contribution in [0.3, 0.4) is 0 Å². The number of aryl methyl sites for hydroxylation is 1. The molecule has 0 bridgehead atoms. The molecule has 114 valence electrons. The number of benzene rings is 1. The van der Waals surface area contributed by atoms with Crippen LogP contribution in [0.4, 0.5) is 0 Å². The van der Waals surface area contributed by atoms with Crippen molar-refractivity contribution in [3.63, 3.8) is 0 Å². The average molecular weight is 321 g/mol. The fourth-order valence-electron chi connectivity index (χ4n) is 2.10. The molecule has 1 heterocycles. The van der Waals surface area contributed by atoms with E-state index in [0.717, 1.165) is 42.4 Å². The fraction of sp³-hybridized carbons (Fsp3) is 0.571. The van der Waals surface area contributed by atoms with E-state index in [4.69, 9.17) is 27.2 Å². The largest absolute Gasteiger partial charge is 0.488 e. The number of ether oxygens (including phenoxy) is 1. The highest BCUT2D eigenvalue weighted by Gasteiger charge is 2.28. The van der Waals surface area contributed by atoms with Crippen molar-refractivity contribution < 1.29 is 9.84 Å². The van der Waals surface area contributed by atoms with Crippen molar-refractivity contribution in [3.05, 3.63) is 28.8 Å². The molecule has 0 saturated carbocycles. The van der Waals surface area contributed by atoms with Crippen molar-refractivity contribution in [2.45, 2.75) is 25.5 Å². The van der Waals surface area contributed by atoms with Crippen LogP contribution in [0.5, 0.6) is 5.75 Å². The summed E-state index contributed by atoms with van der Waals surface area (Å²) in [5.74, 6) is 0.874. The van der Waals surface area contributed by atoms with Crippen molar-refractivity contribution in [3.8, 4) is 5.75 Å². The van der Waals surface area contributed by atoms with Crippen LogP contribution in [-0.2, 0) is 0 Å². The zero-order valence-electron chi connectivity index (χ0n) is 11.6. The summed E-state index contributed by atoms with van der Waals surface area (Å²) in [6.07, 6.45) is 1.06. The second-order valence-corrected chi connectivity index (χ2v) is 5.55. The molecule has 4 nitrogen and oxygen atoms in total. The Morgan fingerprint density at radius 1 is 1.50 bits per heavy atom. The maximum absolute atomic E-state index is 8.85. The van der Waals surface area contributed by atoms with E-state index < -0.39 is 0 Å². The van der Waals surface area contributed by atoms with E-state index in [2.05, 4.69) is 4.90 Å².